The van der Waals surface area contributed by atoms with Gasteiger partial charge in [0, 0.05) is 38.0 Å². The number of nitrogens with zero attached hydrogens (tertiary/aromatic N) is 6. The maximum atomic E-state index is 5.46. The molecule has 0 radical (unpaired) electrons. The predicted molar refractivity (Wildman–Crippen MR) is 88.7 cm³/mol. The van der Waals surface area contributed by atoms with Gasteiger partial charge in [-0.3, -0.25) is 4.90 Å². The lowest BCUT2D eigenvalue weighted by Crippen LogP contribution is -2.46. The van der Waals surface area contributed by atoms with E-state index in [1.165, 1.54) is 4.88 Å². The van der Waals surface area contributed by atoms with Crippen molar-refractivity contribution in [1.82, 2.24) is 25.1 Å². The first-order valence-corrected chi connectivity index (χ1v) is 8.48. The number of aryl methyl sites for hydroxylation is 2. The maximum Gasteiger partial charge on any atom is 0.230 e. The van der Waals surface area contributed by atoms with Crippen LogP contribution in [0.1, 0.15) is 16.7 Å². The van der Waals surface area contributed by atoms with Crippen LogP contribution < -0.4 is 4.90 Å². The zero-order valence-corrected chi connectivity index (χ0v) is 14.0. The summed E-state index contributed by atoms with van der Waals surface area (Å²) < 4.78 is 5.46. The fraction of sp³-hybridized carbons (Fsp3) is 0.467. The summed E-state index contributed by atoms with van der Waals surface area (Å²) in [5.41, 5.74) is 0. The highest BCUT2D eigenvalue weighted by Gasteiger charge is 2.21. The molecule has 1 fully saturated rings. The topological polar surface area (TPSA) is 71.2 Å². The first-order valence-electron chi connectivity index (χ1n) is 7.66. The van der Waals surface area contributed by atoms with Crippen molar-refractivity contribution >= 4 is 27.4 Å². The normalized spacial score (nSPS) is 16.3. The van der Waals surface area contributed by atoms with Crippen LogP contribution in [0.15, 0.2) is 16.8 Å². The lowest BCUT2D eigenvalue weighted by molar-refractivity contribution is 0.224. The molecule has 23 heavy (non-hydrogen) atoms. The highest BCUT2D eigenvalue weighted by molar-refractivity contribution is 7.18. The van der Waals surface area contributed by atoms with Gasteiger partial charge in [-0.05, 0) is 13.0 Å². The first kappa shape index (κ1) is 14.5. The number of thiophene rings is 1. The SMILES string of the molecule is Cc1nnc(CN2CCN(c3ncnc4sc(C)cc34)CC2)o1. The minimum absolute atomic E-state index is 0.620. The Morgan fingerprint density at radius 1 is 1.13 bits per heavy atom. The highest BCUT2D eigenvalue weighted by atomic mass is 32.1. The van der Waals surface area contributed by atoms with Crippen LogP contribution in [0.4, 0.5) is 5.82 Å². The molecule has 7 nitrogen and oxygen atoms in total. The van der Waals surface area contributed by atoms with Crippen LogP contribution in [-0.2, 0) is 6.54 Å². The second kappa shape index (κ2) is 5.86. The van der Waals surface area contributed by atoms with E-state index in [1.807, 2.05) is 6.92 Å². The van der Waals surface area contributed by atoms with E-state index in [9.17, 15) is 0 Å². The Labute approximate surface area is 138 Å². The Balaban J connectivity index is 1.46. The Kier molecular flexibility index (Phi) is 3.70. The van der Waals surface area contributed by atoms with Gasteiger partial charge in [-0.25, -0.2) is 9.97 Å². The van der Waals surface area contributed by atoms with Gasteiger partial charge in [0.15, 0.2) is 0 Å². The molecule has 4 heterocycles. The third kappa shape index (κ3) is 2.91. The number of anilines is 1. The first-order chi connectivity index (χ1) is 11.2. The molecule has 0 saturated carbocycles. The van der Waals surface area contributed by atoms with E-state index in [0.29, 0.717) is 18.3 Å². The quantitative estimate of drug-likeness (QED) is 0.727. The molecule has 0 atom stereocenters. The van der Waals surface area contributed by atoms with E-state index < -0.39 is 0 Å². The lowest BCUT2D eigenvalue weighted by Gasteiger charge is -2.34. The van der Waals surface area contributed by atoms with Crippen LogP contribution in [0.3, 0.4) is 0 Å². The van der Waals surface area contributed by atoms with Gasteiger partial charge >= 0.3 is 0 Å². The minimum atomic E-state index is 0.620. The summed E-state index contributed by atoms with van der Waals surface area (Å²) in [5.74, 6) is 2.36. The molecule has 0 bridgehead atoms. The molecule has 1 aliphatic rings. The van der Waals surface area contributed by atoms with Crippen molar-refractivity contribution in [3.05, 3.63) is 29.1 Å². The largest absolute Gasteiger partial charge is 0.424 e. The lowest BCUT2D eigenvalue weighted by atomic mass is 10.2. The van der Waals surface area contributed by atoms with Gasteiger partial charge in [0.25, 0.3) is 0 Å². The number of hydrogen-bond acceptors (Lipinski definition) is 8. The minimum Gasteiger partial charge on any atom is -0.424 e. The monoisotopic (exact) mass is 330 g/mol. The fourth-order valence-corrected chi connectivity index (χ4v) is 3.77. The smallest absolute Gasteiger partial charge is 0.230 e. The zero-order valence-electron chi connectivity index (χ0n) is 13.2. The number of hydrogen-bond donors (Lipinski definition) is 0. The molecule has 0 aliphatic carbocycles. The van der Waals surface area contributed by atoms with Gasteiger partial charge in [0.05, 0.1) is 11.9 Å². The van der Waals surface area contributed by atoms with Crippen molar-refractivity contribution < 1.29 is 4.42 Å². The molecule has 1 saturated heterocycles. The van der Waals surface area contributed by atoms with Crippen molar-refractivity contribution in [3.8, 4) is 0 Å². The average molecular weight is 330 g/mol. The highest BCUT2D eigenvalue weighted by Crippen LogP contribution is 2.30. The summed E-state index contributed by atoms with van der Waals surface area (Å²) in [6.07, 6.45) is 1.67. The molecule has 0 N–H and O–H groups in total. The zero-order chi connectivity index (χ0) is 15.8. The number of piperazine rings is 1. The van der Waals surface area contributed by atoms with Gasteiger partial charge in [-0.1, -0.05) is 0 Å². The van der Waals surface area contributed by atoms with Crippen molar-refractivity contribution in [3.63, 3.8) is 0 Å². The van der Waals surface area contributed by atoms with E-state index in [4.69, 9.17) is 4.42 Å². The number of rotatable bonds is 3. The summed E-state index contributed by atoms with van der Waals surface area (Å²) in [7, 11) is 0. The molecule has 4 rings (SSSR count). The van der Waals surface area contributed by atoms with Crippen LogP contribution in [0.2, 0.25) is 0 Å². The molecule has 0 aromatic carbocycles. The Hall–Kier alpha value is -2.06. The predicted octanol–water partition coefficient (Wildman–Crippen LogP) is 2.01. The second-order valence-corrected chi connectivity index (χ2v) is 6.99. The molecule has 0 amide bonds. The standard InChI is InChI=1S/C15H18N6OS/c1-10-7-12-14(16-9-17-15(12)23-10)21-5-3-20(4-6-21)8-13-19-18-11(2)22-13/h7,9H,3-6,8H2,1-2H3. The van der Waals surface area contributed by atoms with Gasteiger partial charge in [0.2, 0.25) is 11.8 Å². The van der Waals surface area contributed by atoms with E-state index in [0.717, 1.165) is 42.2 Å². The molecule has 3 aromatic rings. The van der Waals surface area contributed by atoms with E-state index in [2.05, 4.69) is 43.0 Å². The van der Waals surface area contributed by atoms with Crippen LogP contribution in [-0.4, -0.2) is 51.2 Å². The third-order valence-electron chi connectivity index (χ3n) is 4.03. The fourth-order valence-electron chi connectivity index (χ4n) is 2.93. The van der Waals surface area contributed by atoms with Gasteiger partial charge in [0.1, 0.15) is 17.0 Å². The van der Waals surface area contributed by atoms with Crippen molar-refractivity contribution in [2.75, 3.05) is 31.1 Å². The molecule has 3 aromatic heterocycles. The van der Waals surface area contributed by atoms with Crippen LogP contribution in [0, 0.1) is 13.8 Å². The Morgan fingerprint density at radius 3 is 2.70 bits per heavy atom. The van der Waals surface area contributed by atoms with Crippen molar-refractivity contribution in [2.45, 2.75) is 20.4 Å². The number of aromatic nitrogens is 4. The molecule has 0 unspecified atom stereocenters. The molecule has 1 aliphatic heterocycles. The van der Waals surface area contributed by atoms with Gasteiger partial charge < -0.3 is 9.32 Å². The molecular formula is C15H18N6OS. The van der Waals surface area contributed by atoms with Crippen molar-refractivity contribution in [2.24, 2.45) is 0 Å². The van der Waals surface area contributed by atoms with Crippen LogP contribution in [0.25, 0.3) is 10.2 Å². The summed E-state index contributed by atoms with van der Waals surface area (Å²) >= 11 is 1.72. The van der Waals surface area contributed by atoms with E-state index in [1.54, 1.807) is 17.7 Å². The van der Waals surface area contributed by atoms with E-state index in [-0.39, 0.29) is 0 Å². The molecule has 0 spiro atoms. The summed E-state index contributed by atoms with van der Waals surface area (Å²) in [6, 6.07) is 2.18. The molecular weight excluding hydrogens is 312 g/mol. The number of fused-ring (bicyclic) bond motifs is 1. The van der Waals surface area contributed by atoms with Gasteiger partial charge in [-0.15, -0.1) is 21.5 Å². The Morgan fingerprint density at radius 2 is 1.96 bits per heavy atom. The molecule has 8 heteroatoms. The molecule has 120 valence electrons. The summed E-state index contributed by atoms with van der Waals surface area (Å²) in [6.45, 7) is 8.43. The summed E-state index contributed by atoms with van der Waals surface area (Å²) in [4.78, 5) is 15.9. The third-order valence-corrected chi connectivity index (χ3v) is 4.99. The Bertz CT molecular complexity index is 820. The van der Waals surface area contributed by atoms with Crippen LogP contribution >= 0.6 is 11.3 Å². The average Bonchev–Trinajstić information content (AvgIpc) is 3.12. The van der Waals surface area contributed by atoms with E-state index >= 15 is 0 Å². The van der Waals surface area contributed by atoms with Crippen molar-refractivity contribution in [1.29, 1.82) is 0 Å². The van der Waals surface area contributed by atoms with Gasteiger partial charge in [-0.2, -0.15) is 0 Å². The maximum absolute atomic E-state index is 5.46. The summed E-state index contributed by atoms with van der Waals surface area (Å²) in [5, 5.41) is 9.11. The second-order valence-electron chi connectivity index (χ2n) is 5.75. The van der Waals surface area contributed by atoms with Crippen LogP contribution in [0.5, 0.6) is 0 Å².